The molecule has 2 aromatic rings. The Balaban J connectivity index is 1.40. The van der Waals surface area contributed by atoms with E-state index in [0.717, 1.165) is 29.0 Å². The molecule has 5 nitrogen and oxygen atoms in total. The number of hydrogen-bond acceptors (Lipinski definition) is 4. The van der Waals surface area contributed by atoms with Crippen LogP contribution in [0.25, 0.3) is 0 Å². The van der Waals surface area contributed by atoms with Crippen LogP contribution in [-0.2, 0) is 17.6 Å². The van der Waals surface area contributed by atoms with Crippen molar-refractivity contribution >= 4 is 5.91 Å². The van der Waals surface area contributed by atoms with Crippen LogP contribution < -0.4 is 14.8 Å². The maximum atomic E-state index is 11.9. The van der Waals surface area contributed by atoms with Crippen LogP contribution in [0.3, 0.4) is 0 Å². The van der Waals surface area contributed by atoms with E-state index < -0.39 is 0 Å². The molecular formula is C19H18N2O3. The quantitative estimate of drug-likeness (QED) is 0.887. The van der Waals surface area contributed by atoms with Crippen molar-refractivity contribution in [2.24, 2.45) is 0 Å². The molecule has 1 N–H and O–H groups in total. The third-order valence-corrected chi connectivity index (χ3v) is 3.90. The van der Waals surface area contributed by atoms with Crippen LogP contribution in [0.5, 0.6) is 11.5 Å². The second-order valence-corrected chi connectivity index (χ2v) is 5.60. The Morgan fingerprint density at radius 1 is 1.04 bits per heavy atom. The zero-order chi connectivity index (χ0) is 16.8. The Morgan fingerprint density at radius 3 is 2.58 bits per heavy atom. The molecule has 0 spiro atoms. The van der Waals surface area contributed by atoms with Crippen molar-refractivity contribution in [3.8, 4) is 17.6 Å². The van der Waals surface area contributed by atoms with Gasteiger partial charge in [-0.2, -0.15) is 5.26 Å². The first kappa shape index (κ1) is 15.9. The lowest BCUT2D eigenvalue weighted by Crippen LogP contribution is -2.25. The number of nitrogens with zero attached hydrogens (tertiary/aromatic N) is 1. The van der Waals surface area contributed by atoms with E-state index in [-0.39, 0.29) is 12.7 Å². The summed E-state index contributed by atoms with van der Waals surface area (Å²) in [6, 6.07) is 15.2. The third kappa shape index (κ3) is 4.05. The van der Waals surface area contributed by atoms with Gasteiger partial charge < -0.3 is 14.8 Å². The lowest BCUT2D eigenvalue weighted by molar-refractivity contribution is -0.121. The lowest BCUT2D eigenvalue weighted by atomic mass is 10.1. The Kier molecular flexibility index (Phi) is 4.97. The number of aryl methyl sites for hydroxylation is 1. The van der Waals surface area contributed by atoms with Gasteiger partial charge in [-0.1, -0.05) is 18.2 Å². The number of carbonyl (C=O) groups excluding carboxylic acids is 1. The van der Waals surface area contributed by atoms with Gasteiger partial charge in [0.2, 0.25) is 12.7 Å². The van der Waals surface area contributed by atoms with Crippen LogP contribution in [0.1, 0.15) is 23.1 Å². The normalized spacial score (nSPS) is 11.8. The van der Waals surface area contributed by atoms with E-state index in [9.17, 15) is 4.79 Å². The van der Waals surface area contributed by atoms with E-state index in [1.165, 1.54) is 0 Å². The van der Waals surface area contributed by atoms with Crippen molar-refractivity contribution in [1.82, 2.24) is 5.32 Å². The summed E-state index contributed by atoms with van der Waals surface area (Å²) in [5, 5.41) is 11.7. The molecule has 0 radical (unpaired) electrons. The van der Waals surface area contributed by atoms with Crippen LogP contribution in [0.4, 0.5) is 0 Å². The summed E-state index contributed by atoms with van der Waals surface area (Å²) >= 11 is 0. The van der Waals surface area contributed by atoms with Crippen LogP contribution in [0, 0.1) is 11.3 Å². The molecule has 0 saturated heterocycles. The number of ether oxygens (including phenoxy) is 2. The summed E-state index contributed by atoms with van der Waals surface area (Å²) in [5.74, 6) is 1.56. The molecule has 3 rings (SSSR count). The standard InChI is InChI=1S/C19H18N2O3/c20-12-16-3-1-14(2-4-16)6-8-19(22)21-10-9-15-5-7-17-18(11-15)24-13-23-17/h1-5,7,11H,6,8-10,13H2,(H,21,22). The van der Waals surface area contributed by atoms with Crippen molar-refractivity contribution in [2.75, 3.05) is 13.3 Å². The highest BCUT2D eigenvalue weighted by Gasteiger charge is 2.13. The molecule has 0 aliphatic carbocycles. The summed E-state index contributed by atoms with van der Waals surface area (Å²) in [4.78, 5) is 11.9. The number of rotatable bonds is 6. The fourth-order valence-corrected chi connectivity index (χ4v) is 2.53. The van der Waals surface area contributed by atoms with Crippen molar-refractivity contribution in [3.05, 3.63) is 59.2 Å². The molecule has 0 fully saturated rings. The Morgan fingerprint density at radius 2 is 1.79 bits per heavy atom. The number of nitriles is 1. The molecule has 0 saturated carbocycles. The summed E-state index contributed by atoms with van der Waals surface area (Å²) in [7, 11) is 0. The first-order chi connectivity index (χ1) is 11.7. The molecule has 1 aliphatic heterocycles. The van der Waals surface area contributed by atoms with Gasteiger partial charge in [0.25, 0.3) is 0 Å². The van der Waals surface area contributed by atoms with E-state index in [0.29, 0.717) is 24.9 Å². The largest absolute Gasteiger partial charge is 0.454 e. The Hall–Kier alpha value is -3.00. The number of nitrogens with one attached hydrogen (secondary N) is 1. The number of benzene rings is 2. The van der Waals surface area contributed by atoms with Crippen LogP contribution in [-0.4, -0.2) is 19.2 Å². The van der Waals surface area contributed by atoms with E-state index in [4.69, 9.17) is 14.7 Å². The summed E-state index contributed by atoms with van der Waals surface area (Å²) < 4.78 is 10.6. The second-order valence-electron chi connectivity index (χ2n) is 5.60. The minimum atomic E-state index is 0.0279. The molecule has 122 valence electrons. The molecule has 0 bridgehead atoms. The molecule has 1 aliphatic rings. The predicted molar refractivity (Wildman–Crippen MR) is 88.8 cm³/mol. The number of carbonyl (C=O) groups is 1. The van der Waals surface area contributed by atoms with Crippen LogP contribution >= 0.6 is 0 Å². The van der Waals surface area contributed by atoms with Crippen molar-refractivity contribution in [1.29, 1.82) is 5.26 Å². The van der Waals surface area contributed by atoms with E-state index in [2.05, 4.69) is 11.4 Å². The van der Waals surface area contributed by atoms with Crippen molar-refractivity contribution in [2.45, 2.75) is 19.3 Å². The topological polar surface area (TPSA) is 71.4 Å². The Labute approximate surface area is 140 Å². The molecule has 5 heteroatoms. The summed E-state index contributed by atoms with van der Waals surface area (Å²) in [6.07, 6.45) is 1.86. The molecule has 1 heterocycles. The van der Waals surface area contributed by atoms with Gasteiger partial charge >= 0.3 is 0 Å². The van der Waals surface area contributed by atoms with Gasteiger partial charge in [-0.05, 0) is 48.2 Å². The van der Waals surface area contributed by atoms with Crippen molar-refractivity contribution in [3.63, 3.8) is 0 Å². The van der Waals surface area contributed by atoms with Crippen molar-refractivity contribution < 1.29 is 14.3 Å². The maximum absolute atomic E-state index is 11.9. The van der Waals surface area contributed by atoms with Gasteiger partial charge in [0.05, 0.1) is 11.6 Å². The highest BCUT2D eigenvalue weighted by atomic mass is 16.7. The van der Waals surface area contributed by atoms with Gasteiger partial charge in [0.1, 0.15) is 0 Å². The highest BCUT2D eigenvalue weighted by molar-refractivity contribution is 5.76. The number of hydrogen-bond donors (Lipinski definition) is 1. The summed E-state index contributed by atoms with van der Waals surface area (Å²) in [6.45, 7) is 0.858. The molecule has 2 aromatic carbocycles. The van der Waals surface area contributed by atoms with E-state index >= 15 is 0 Å². The van der Waals surface area contributed by atoms with Gasteiger partial charge in [-0.25, -0.2) is 0 Å². The lowest BCUT2D eigenvalue weighted by Gasteiger charge is -2.06. The first-order valence-electron chi connectivity index (χ1n) is 7.89. The molecule has 0 aromatic heterocycles. The highest BCUT2D eigenvalue weighted by Crippen LogP contribution is 2.32. The monoisotopic (exact) mass is 322 g/mol. The predicted octanol–water partition coefficient (Wildman–Crippen LogP) is 2.58. The molecular weight excluding hydrogens is 304 g/mol. The van der Waals surface area contributed by atoms with Crippen LogP contribution in [0.15, 0.2) is 42.5 Å². The number of fused-ring (bicyclic) bond motifs is 1. The van der Waals surface area contributed by atoms with E-state index in [1.54, 1.807) is 12.1 Å². The smallest absolute Gasteiger partial charge is 0.231 e. The number of amides is 1. The Bertz CT molecular complexity index is 763. The zero-order valence-electron chi connectivity index (χ0n) is 13.2. The fraction of sp³-hybridized carbons (Fsp3) is 0.263. The van der Waals surface area contributed by atoms with Crippen LogP contribution in [0.2, 0.25) is 0 Å². The minimum Gasteiger partial charge on any atom is -0.454 e. The maximum Gasteiger partial charge on any atom is 0.231 e. The fourth-order valence-electron chi connectivity index (χ4n) is 2.53. The third-order valence-electron chi connectivity index (χ3n) is 3.90. The second kappa shape index (κ2) is 7.51. The molecule has 0 unspecified atom stereocenters. The zero-order valence-corrected chi connectivity index (χ0v) is 13.2. The average molecular weight is 322 g/mol. The first-order valence-corrected chi connectivity index (χ1v) is 7.89. The molecule has 1 amide bonds. The van der Waals surface area contributed by atoms with Gasteiger partial charge in [-0.3, -0.25) is 4.79 Å². The van der Waals surface area contributed by atoms with Gasteiger partial charge in [-0.15, -0.1) is 0 Å². The minimum absolute atomic E-state index is 0.0279. The summed E-state index contributed by atoms with van der Waals surface area (Å²) in [5.41, 5.74) is 2.79. The van der Waals surface area contributed by atoms with E-state index in [1.807, 2.05) is 30.3 Å². The molecule has 0 atom stereocenters. The molecule has 24 heavy (non-hydrogen) atoms. The SMILES string of the molecule is N#Cc1ccc(CCC(=O)NCCc2ccc3c(c2)OCO3)cc1. The average Bonchev–Trinajstić information content (AvgIpc) is 3.08. The van der Waals surface area contributed by atoms with Gasteiger partial charge in [0.15, 0.2) is 11.5 Å². The van der Waals surface area contributed by atoms with Gasteiger partial charge in [0, 0.05) is 13.0 Å².